The molecule has 4 rings (SSSR count). The number of ether oxygens (including phenoxy) is 2. The second-order valence-electron chi connectivity index (χ2n) is 7.92. The van der Waals surface area contributed by atoms with Crippen LogP contribution in [0.3, 0.4) is 0 Å². The minimum Gasteiger partial charge on any atom is -0.454 e. The number of hydrogen-bond donors (Lipinski definition) is 2. The van der Waals surface area contributed by atoms with E-state index in [2.05, 4.69) is 29.3 Å². The van der Waals surface area contributed by atoms with Gasteiger partial charge in [-0.3, -0.25) is 0 Å². The fourth-order valence-corrected chi connectivity index (χ4v) is 4.66. The van der Waals surface area contributed by atoms with E-state index in [0.29, 0.717) is 12.8 Å². The van der Waals surface area contributed by atoms with E-state index >= 15 is 0 Å². The molecular weight excluding hydrogens is 346 g/mol. The Kier molecular flexibility index (Phi) is 5.50. The standard InChI is InChI=1S/C20H29N3O2S/c1-15-4-2-3-5-17(15)21-20(26)23-10-8-22(9-11-23)13-16-6-7-18-19(12-16)25-14-24-18/h6-7,12,15,17H,2-5,8-11,13-14H2,1H3,(H,21,26)/p+1/t15-,17+/m1/s1. The number of benzene rings is 1. The van der Waals surface area contributed by atoms with E-state index in [-0.39, 0.29) is 0 Å². The van der Waals surface area contributed by atoms with Crippen molar-refractivity contribution in [3.05, 3.63) is 23.8 Å². The van der Waals surface area contributed by atoms with Crippen molar-refractivity contribution in [1.29, 1.82) is 0 Å². The number of nitrogens with one attached hydrogen (secondary N) is 2. The van der Waals surface area contributed by atoms with Gasteiger partial charge in [-0.1, -0.05) is 19.8 Å². The average molecular weight is 377 g/mol. The molecule has 1 aliphatic carbocycles. The molecule has 0 amide bonds. The highest BCUT2D eigenvalue weighted by atomic mass is 32.1. The van der Waals surface area contributed by atoms with Gasteiger partial charge in [-0.15, -0.1) is 0 Å². The van der Waals surface area contributed by atoms with E-state index in [4.69, 9.17) is 21.7 Å². The molecule has 6 heteroatoms. The van der Waals surface area contributed by atoms with Gasteiger partial charge < -0.3 is 24.6 Å². The monoisotopic (exact) mass is 376 g/mol. The first-order valence-electron chi connectivity index (χ1n) is 9.96. The lowest BCUT2D eigenvalue weighted by Crippen LogP contribution is -3.13. The summed E-state index contributed by atoms with van der Waals surface area (Å²) in [5.74, 6) is 2.48. The minimum atomic E-state index is 0.342. The largest absolute Gasteiger partial charge is 0.454 e. The maximum absolute atomic E-state index is 5.71. The average Bonchev–Trinajstić information content (AvgIpc) is 3.12. The molecule has 0 unspecified atom stereocenters. The summed E-state index contributed by atoms with van der Waals surface area (Å²) in [6.45, 7) is 8.04. The Morgan fingerprint density at radius 1 is 1.19 bits per heavy atom. The van der Waals surface area contributed by atoms with Crippen molar-refractivity contribution in [1.82, 2.24) is 10.2 Å². The van der Waals surface area contributed by atoms with Gasteiger partial charge in [0.25, 0.3) is 0 Å². The van der Waals surface area contributed by atoms with Crippen LogP contribution in [-0.4, -0.2) is 49.0 Å². The van der Waals surface area contributed by atoms with Gasteiger partial charge in [0.1, 0.15) is 6.54 Å². The summed E-state index contributed by atoms with van der Waals surface area (Å²) in [7, 11) is 0. The second kappa shape index (κ2) is 8.01. The Morgan fingerprint density at radius 3 is 2.77 bits per heavy atom. The molecule has 1 saturated heterocycles. The van der Waals surface area contributed by atoms with Crippen LogP contribution in [0.4, 0.5) is 0 Å². The zero-order chi connectivity index (χ0) is 17.9. The van der Waals surface area contributed by atoms with Gasteiger partial charge in [0.2, 0.25) is 6.79 Å². The third kappa shape index (κ3) is 4.07. The number of piperazine rings is 1. The Labute approximate surface area is 161 Å². The molecule has 2 heterocycles. The topological polar surface area (TPSA) is 38.2 Å². The van der Waals surface area contributed by atoms with Crippen molar-refractivity contribution in [2.75, 3.05) is 33.0 Å². The first kappa shape index (κ1) is 17.9. The molecule has 1 aromatic rings. The van der Waals surface area contributed by atoms with Crippen LogP contribution in [0.5, 0.6) is 11.5 Å². The molecule has 0 bridgehead atoms. The summed E-state index contributed by atoms with van der Waals surface area (Å²) >= 11 is 5.71. The molecule has 0 aromatic heterocycles. The van der Waals surface area contributed by atoms with E-state index in [9.17, 15) is 0 Å². The van der Waals surface area contributed by atoms with Gasteiger partial charge in [0.05, 0.1) is 26.2 Å². The van der Waals surface area contributed by atoms with Gasteiger partial charge >= 0.3 is 0 Å². The van der Waals surface area contributed by atoms with Crippen LogP contribution >= 0.6 is 12.2 Å². The molecule has 0 spiro atoms. The summed E-state index contributed by atoms with van der Waals surface area (Å²) in [6, 6.07) is 6.87. The number of fused-ring (bicyclic) bond motifs is 1. The first-order chi connectivity index (χ1) is 12.7. The molecule has 142 valence electrons. The third-order valence-corrected chi connectivity index (χ3v) is 6.45. The van der Waals surface area contributed by atoms with Crippen LogP contribution in [0.15, 0.2) is 18.2 Å². The van der Waals surface area contributed by atoms with E-state index in [0.717, 1.165) is 55.3 Å². The van der Waals surface area contributed by atoms with Crippen LogP contribution in [0.25, 0.3) is 0 Å². The van der Waals surface area contributed by atoms with Crippen molar-refractivity contribution in [3.63, 3.8) is 0 Å². The lowest BCUT2D eigenvalue weighted by molar-refractivity contribution is -0.917. The van der Waals surface area contributed by atoms with Crippen LogP contribution < -0.4 is 19.7 Å². The maximum Gasteiger partial charge on any atom is 0.231 e. The predicted molar refractivity (Wildman–Crippen MR) is 106 cm³/mol. The van der Waals surface area contributed by atoms with Crippen LogP contribution in [0, 0.1) is 5.92 Å². The normalized spacial score (nSPS) is 26.0. The van der Waals surface area contributed by atoms with Crippen LogP contribution in [-0.2, 0) is 6.54 Å². The lowest BCUT2D eigenvalue weighted by Gasteiger charge is -2.37. The van der Waals surface area contributed by atoms with Gasteiger partial charge in [0.15, 0.2) is 16.6 Å². The molecular formula is C20H30N3O2S+. The van der Waals surface area contributed by atoms with Gasteiger partial charge in [0, 0.05) is 11.6 Å². The summed E-state index contributed by atoms with van der Waals surface area (Å²) in [5.41, 5.74) is 1.31. The highest BCUT2D eigenvalue weighted by Gasteiger charge is 2.26. The van der Waals surface area contributed by atoms with Gasteiger partial charge in [-0.05, 0) is 49.2 Å². The Bertz CT molecular complexity index is 646. The van der Waals surface area contributed by atoms with Gasteiger partial charge in [-0.2, -0.15) is 0 Å². The molecule has 5 nitrogen and oxygen atoms in total. The molecule has 0 radical (unpaired) electrons. The summed E-state index contributed by atoms with van der Waals surface area (Å²) in [6.07, 6.45) is 5.29. The van der Waals surface area contributed by atoms with E-state index < -0.39 is 0 Å². The number of quaternary nitrogens is 1. The fraction of sp³-hybridized carbons (Fsp3) is 0.650. The lowest BCUT2D eigenvalue weighted by atomic mass is 9.86. The summed E-state index contributed by atoms with van der Waals surface area (Å²) < 4.78 is 10.9. The molecule has 1 aromatic carbocycles. The highest BCUT2D eigenvalue weighted by Crippen LogP contribution is 2.32. The quantitative estimate of drug-likeness (QED) is 0.784. The van der Waals surface area contributed by atoms with Crippen molar-refractivity contribution in [2.24, 2.45) is 5.92 Å². The Balaban J connectivity index is 1.25. The highest BCUT2D eigenvalue weighted by molar-refractivity contribution is 7.80. The Morgan fingerprint density at radius 2 is 1.96 bits per heavy atom. The van der Waals surface area contributed by atoms with E-state index in [1.807, 2.05) is 6.07 Å². The zero-order valence-corrected chi connectivity index (χ0v) is 16.4. The number of thiocarbonyl (C=S) groups is 1. The zero-order valence-electron chi connectivity index (χ0n) is 15.6. The molecule has 3 aliphatic rings. The summed E-state index contributed by atoms with van der Waals surface area (Å²) in [5, 5.41) is 4.61. The van der Waals surface area contributed by atoms with Crippen LogP contribution in [0.1, 0.15) is 38.2 Å². The predicted octanol–water partition coefficient (Wildman–Crippen LogP) is 1.57. The van der Waals surface area contributed by atoms with Crippen molar-refractivity contribution in [3.8, 4) is 11.5 Å². The summed E-state index contributed by atoms with van der Waals surface area (Å²) in [4.78, 5) is 3.97. The number of hydrogen-bond acceptors (Lipinski definition) is 3. The van der Waals surface area contributed by atoms with Crippen molar-refractivity contribution >= 4 is 17.3 Å². The number of rotatable bonds is 3. The van der Waals surface area contributed by atoms with Gasteiger partial charge in [-0.25, -0.2) is 0 Å². The van der Waals surface area contributed by atoms with E-state index in [1.54, 1.807) is 4.90 Å². The molecule has 2 N–H and O–H groups in total. The molecule has 1 saturated carbocycles. The molecule has 2 aliphatic heterocycles. The molecule has 2 fully saturated rings. The minimum absolute atomic E-state index is 0.342. The molecule has 2 atom stereocenters. The van der Waals surface area contributed by atoms with Crippen molar-refractivity contribution < 1.29 is 14.4 Å². The third-order valence-electron chi connectivity index (χ3n) is 6.07. The van der Waals surface area contributed by atoms with E-state index in [1.165, 1.54) is 31.2 Å². The first-order valence-corrected chi connectivity index (χ1v) is 10.4. The number of nitrogens with zero attached hydrogens (tertiary/aromatic N) is 1. The SMILES string of the molecule is C[C@@H]1CCCC[C@@H]1NC(=S)N1CC[NH+](Cc2ccc3c(c2)OCO3)CC1. The van der Waals surface area contributed by atoms with Crippen LogP contribution in [0.2, 0.25) is 0 Å². The maximum atomic E-state index is 5.71. The Hall–Kier alpha value is -1.53. The fourth-order valence-electron chi connectivity index (χ4n) is 4.32. The van der Waals surface area contributed by atoms with Crippen molar-refractivity contribution in [2.45, 2.75) is 45.2 Å². The smallest absolute Gasteiger partial charge is 0.231 e. The second-order valence-corrected chi connectivity index (χ2v) is 8.31. The molecule has 26 heavy (non-hydrogen) atoms.